The zero-order valence-electron chi connectivity index (χ0n) is 8.88. The highest BCUT2D eigenvalue weighted by Gasteiger charge is 2.24. The van der Waals surface area contributed by atoms with Crippen LogP contribution in [0.5, 0.6) is 0 Å². The summed E-state index contributed by atoms with van der Waals surface area (Å²) in [6.07, 6.45) is 1.70. The Hall–Kier alpha value is 0.270. The van der Waals surface area contributed by atoms with Gasteiger partial charge in [-0.05, 0) is 38.6 Å². The van der Waals surface area contributed by atoms with Gasteiger partial charge in [0.2, 0.25) is 0 Å². The van der Waals surface area contributed by atoms with Crippen molar-refractivity contribution < 1.29 is 4.74 Å². The van der Waals surface area contributed by atoms with Gasteiger partial charge in [-0.15, -0.1) is 0 Å². The molecular weight excluding hydrogens is 182 g/mol. The van der Waals surface area contributed by atoms with Gasteiger partial charge in [0.25, 0.3) is 0 Å². The lowest BCUT2D eigenvalue weighted by molar-refractivity contribution is 0.127. The van der Waals surface area contributed by atoms with Gasteiger partial charge in [0.1, 0.15) is 0 Å². The molecule has 2 nitrogen and oxygen atoms in total. The van der Waals surface area contributed by atoms with Crippen molar-refractivity contribution >= 4 is 11.8 Å². The highest BCUT2D eigenvalue weighted by atomic mass is 32.2. The smallest absolute Gasteiger partial charge is 0.0666 e. The summed E-state index contributed by atoms with van der Waals surface area (Å²) in [4.78, 5) is 0. The van der Waals surface area contributed by atoms with Crippen LogP contribution in [0.3, 0.4) is 0 Å². The second-order valence-corrected chi connectivity index (χ2v) is 5.17. The fourth-order valence-corrected chi connectivity index (χ4v) is 2.93. The molecule has 0 bridgehead atoms. The van der Waals surface area contributed by atoms with Crippen molar-refractivity contribution in [3.8, 4) is 0 Å². The van der Waals surface area contributed by atoms with Crippen molar-refractivity contribution in [2.75, 3.05) is 26.0 Å². The summed E-state index contributed by atoms with van der Waals surface area (Å²) in [5.74, 6) is 2.02. The monoisotopic (exact) mass is 203 g/mol. The second kappa shape index (κ2) is 5.89. The van der Waals surface area contributed by atoms with E-state index in [4.69, 9.17) is 4.74 Å². The van der Waals surface area contributed by atoms with Crippen LogP contribution in [0.1, 0.15) is 20.3 Å². The van der Waals surface area contributed by atoms with E-state index >= 15 is 0 Å². The van der Waals surface area contributed by atoms with Gasteiger partial charge in [-0.1, -0.05) is 6.92 Å². The third kappa shape index (κ3) is 3.88. The van der Waals surface area contributed by atoms with Gasteiger partial charge in [0.15, 0.2) is 0 Å². The Morgan fingerprint density at radius 2 is 2.38 bits per heavy atom. The lowest BCUT2D eigenvalue weighted by atomic mass is 10.2. The summed E-state index contributed by atoms with van der Waals surface area (Å²) in [6, 6.07) is 0. The summed E-state index contributed by atoms with van der Waals surface area (Å²) < 4.78 is 5.52. The Kier molecular flexibility index (Phi) is 5.14. The van der Waals surface area contributed by atoms with E-state index in [0.717, 1.165) is 24.3 Å². The van der Waals surface area contributed by atoms with E-state index in [1.54, 1.807) is 0 Å². The fourth-order valence-electron chi connectivity index (χ4n) is 1.63. The Bertz CT molecular complexity index is 143. The number of nitrogens with one attached hydrogen (secondary N) is 1. The van der Waals surface area contributed by atoms with Crippen LogP contribution < -0.4 is 5.32 Å². The van der Waals surface area contributed by atoms with E-state index < -0.39 is 0 Å². The molecule has 0 amide bonds. The minimum atomic E-state index is 0.465. The number of rotatable bonds is 5. The average molecular weight is 203 g/mol. The Labute approximate surface area is 85.8 Å². The number of thioether (sulfide) groups is 1. The normalized spacial score (nSPS) is 30.7. The van der Waals surface area contributed by atoms with Crippen molar-refractivity contribution in [2.24, 2.45) is 5.92 Å². The SMILES string of the molecule is CNCC(C)CSC1CCOC1C. The van der Waals surface area contributed by atoms with Gasteiger partial charge in [-0.2, -0.15) is 11.8 Å². The molecule has 1 aliphatic heterocycles. The molecule has 3 heteroatoms. The van der Waals surface area contributed by atoms with Crippen LogP contribution in [0.4, 0.5) is 0 Å². The second-order valence-electron chi connectivity index (χ2n) is 3.90. The van der Waals surface area contributed by atoms with Crippen molar-refractivity contribution in [3.05, 3.63) is 0 Å². The molecule has 3 unspecified atom stereocenters. The van der Waals surface area contributed by atoms with Crippen molar-refractivity contribution in [2.45, 2.75) is 31.6 Å². The van der Waals surface area contributed by atoms with Crippen LogP contribution in [0, 0.1) is 5.92 Å². The first-order valence-corrected chi connectivity index (χ1v) is 6.16. The van der Waals surface area contributed by atoms with Crippen LogP contribution in [0.15, 0.2) is 0 Å². The summed E-state index contributed by atoms with van der Waals surface area (Å²) >= 11 is 2.08. The van der Waals surface area contributed by atoms with Crippen LogP contribution in [0.2, 0.25) is 0 Å². The summed E-state index contributed by atoms with van der Waals surface area (Å²) in [6.45, 7) is 6.56. The van der Waals surface area contributed by atoms with E-state index in [0.29, 0.717) is 6.10 Å². The molecule has 1 rings (SSSR count). The molecule has 0 aliphatic carbocycles. The van der Waals surface area contributed by atoms with Gasteiger partial charge in [-0.3, -0.25) is 0 Å². The third-order valence-electron chi connectivity index (χ3n) is 2.45. The molecule has 0 saturated carbocycles. The van der Waals surface area contributed by atoms with Crippen molar-refractivity contribution in [3.63, 3.8) is 0 Å². The van der Waals surface area contributed by atoms with E-state index in [9.17, 15) is 0 Å². The number of hydrogen-bond acceptors (Lipinski definition) is 3. The fraction of sp³-hybridized carbons (Fsp3) is 1.00. The van der Waals surface area contributed by atoms with Gasteiger partial charge in [0, 0.05) is 11.9 Å². The van der Waals surface area contributed by atoms with Gasteiger partial charge < -0.3 is 10.1 Å². The van der Waals surface area contributed by atoms with Crippen LogP contribution in [-0.2, 0) is 4.74 Å². The molecule has 1 N–H and O–H groups in total. The Morgan fingerprint density at radius 3 is 2.92 bits per heavy atom. The lowest BCUT2D eigenvalue weighted by Gasteiger charge is -2.16. The first-order chi connectivity index (χ1) is 6.24. The molecule has 0 aromatic rings. The van der Waals surface area contributed by atoms with Gasteiger partial charge >= 0.3 is 0 Å². The molecule has 1 fully saturated rings. The molecule has 0 radical (unpaired) electrons. The highest BCUT2D eigenvalue weighted by Crippen LogP contribution is 2.27. The van der Waals surface area contributed by atoms with Crippen LogP contribution in [0.25, 0.3) is 0 Å². The van der Waals surface area contributed by atoms with E-state index in [2.05, 4.69) is 30.9 Å². The minimum absolute atomic E-state index is 0.465. The summed E-state index contributed by atoms with van der Waals surface area (Å²) in [7, 11) is 2.02. The molecule has 1 heterocycles. The molecule has 13 heavy (non-hydrogen) atoms. The standard InChI is InChI=1S/C10H21NOS/c1-8(6-11-3)7-13-10-4-5-12-9(10)2/h8-11H,4-7H2,1-3H3. The number of ether oxygens (including phenoxy) is 1. The van der Waals surface area contributed by atoms with Crippen molar-refractivity contribution in [1.82, 2.24) is 5.32 Å². The van der Waals surface area contributed by atoms with Crippen LogP contribution >= 0.6 is 11.8 Å². The molecule has 0 aromatic carbocycles. The first-order valence-electron chi connectivity index (χ1n) is 5.12. The zero-order chi connectivity index (χ0) is 9.68. The van der Waals surface area contributed by atoms with E-state index in [-0.39, 0.29) is 0 Å². The van der Waals surface area contributed by atoms with E-state index in [1.807, 2.05) is 7.05 Å². The van der Waals surface area contributed by atoms with Crippen LogP contribution in [-0.4, -0.2) is 37.3 Å². The maximum absolute atomic E-state index is 5.52. The molecule has 1 aliphatic rings. The number of hydrogen-bond donors (Lipinski definition) is 1. The highest BCUT2D eigenvalue weighted by molar-refractivity contribution is 7.99. The lowest BCUT2D eigenvalue weighted by Crippen LogP contribution is -2.21. The largest absolute Gasteiger partial charge is 0.377 e. The average Bonchev–Trinajstić information content (AvgIpc) is 2.48. The first kappa shape index (κ1) is 11.3. The maximum Gasteiger partial charge on any atom is 0.0666 e. The Balaban J connectivity index is 2.10. The molecule has 78 valence electrons. The molecule has 1 saturated heterocycles. The third-order valence-corrected chi connectivity index (χ3v) is 4.26. The predicted molar refractivity (Wildman–Crippen MR) is 59.4 cm³/mol. The zero-order valence-corrected chi connectivity index (χ0v) is 9.69. The quantitative estimate of drug-likeness (QED) is 0.735. The van der Waals surface area contributed by atoms with Crippen molar-refractivity contribution in [1.29, 1.82) is 0 Å². The van der Waals surface area contributed by atoms with Gasteiger partial charge in [-0.25, -0.2) is 0 Å². The minimum Gasteiger partial charge on any atom is -0.377 e. The topological polar surface area (TPSA) is 21.3 Å². The molecular formula is C10H21NOS. The summed E-state index contributed by atoms with van der Waals surface area (Å²) in [5.41, 5.74) is 0. The molecule has 0 spiro atoms. The van der Waals surface area contributed by atoms with E-state index in [1.165, 1.54) is 12.2 Å². The predicted octanol–water partition coefficient (Wildman–Crippen LogP) is 1.75. The molecule has 0 aromatic heterocycles. The maximum atomic E-state index is 5.52. The molecule has 3 atom stereocenters. The van der Waals surface area contributed by atoms with Gasteiger partial charge in [0.05, 0.1) is 6.10 Å². The summed E-state index contributed by atoms with van der Waals surface area (Å²) in [5, 5.41) is 3.94. The Morgan fingerprint density at radius 1 is 1.62 bits per heavy atom.